The van der Waals surface area contributed by atoms with Crippen LogP contribution in [0.15, 0.2) is 24.3 Å². The SMILES string of the molecule is CCOCC(O)c1cccc(OC(F)(F)F)c1. The van der Waals surface area contributed by atoms with Gasteiger partial charge in [0.2, 0.25) is 0 Å². The summed E-state index contributed by atoms with van der Waals surface area (Å²) in [4.78, 5) is 0. The number of alkyl halides is 3. The summed E-state index contributed by atoms with van der Waals surface area (Å²) in [5, 5.41) is 9.61. The second kappa shape index (κ2) is 5.88. The lowest BCUT2D eigenvalue weighted by Gasteiger charge is -2.13. The summed E-state index contributed by atoms with van der Waals surface area (Å²) in [6, 6.07) is 5.19. The van der Waals surface area contributed by atoms with Crippen LogP contribution in [-0.4, -0.2) is 24.7 Å². The largest absolute Gasteiger partial charge is 0.573 e. The van der Waals surface area contributed by atoms with E-state index >= 15 is 0 Å². The zero-order valence-corrected chi connectivity index (χ0v) is 9.20. The molecule has 96 valence electrons. The molecule has 0 aliphatic rings. The van der Waals surface area contributed by atoms with E-state index in [9.17, 15) is 18.3 Å². The van der Waals surface area contributed by atoms with Crippen molar-refractivity contribution >= 4 is 0 Å². The monoisotopic (exact) mass is 250 g/mol. The summed E-state index contributed by atoms with van der Waals surface area (Å²) in [6.07, 6.45) is -5.70. The maximum Gasteiger partial charge on any atom is 0.573 e. The first-order chi connectivity index (χ1) is 7.92. The number of hydrogen-bond donors (Lipinski definition) is 1. The normalized spacial score (nSPS) is 13.5. The minimum Gasteiger partial charge on any atom is -0.406 e. The van der Waals surface area contributed by atoms with Crippen molar-refractivity contribution < 1.29 is 27.8 Å². The van der Waals surface area contributed by atoms with E-state index in [2.05, 4.69) is 4.74 Å². The van der Waals surface area contributed by atoms with Gasteiger partial charge in [0, 0.05) is 6.61 Å². The zero-order valence-electron chi connectivity index (χ0n) is 9.20. The summed E-state index contributed by atoms with van der Waals surface area (Å²) in [6.45, 7) is 2.22. The Morgan fingerprint density at radius 1 is 1.35 bits per heavy atom. The second-order valence-corrected chi connectivity index (χ2v) is 3.30. The molecular weight excluding hydrogens is 237 g/mol. The molecule has 1 aromatic rings. The van der Waals surface area contributed by atoms with Crippen molar-refractivity contribution in [2.24, 2.45) is 0 Å². The third-order valence-corrected chi connectivity index (χ3v) is 1.96. The Bertz CT molecular complexity index is 352. The number of aliphatic hydroxyl groups is 1. The molecule has 0 saturated carbocycles. The van der Waals surface area contributed by atoms with Gasteiger partial charge in [-0.15, -0.1) is 13.2 Å². The van der Waals surface area contributed by atoms with Crippen molar-refractivity contribution in [1.82, 2.24) is 0 Å². The molecule has 0 saturated heterocycles. The average Bonchev–Trinajstić information content (AvgIpc) is 2.24. The Kier molecular flexibility index (Phi) is 4.77. The van der Waals surface area contributed by atoms with Gasteiger partial charge in [0.15, 0.2) is 0 Å². The van der Waals surface area contributed by atoms with Gasteiger partial charge >= 0.3 is 6.36 Å². The molecule has 0 amide bonds. The molecule has 0 radical (unpaired) electrons. The molecular formula is C11H13F3O3. The number of rotatable bonds is 5. The van der Waals surface area contributed by atoms with Gasteiger partial charge in [-0.25, -0.2) is 0 Å². The van der Waals surface area contributed by atoms with Gasteiger partial charge in [-0.3, -0.25) is 0 Å². The van der Waals surface area contributed by atoms with Crippen LogP contribution in [-0.2, 0) is 4.74 Å². The van der Waals surface area contributed by atoms with E-state index < -0.39 is 12.5 Å². The van der Waals surface area contributed by atoms with Crippen LogP contribution >= 0.6 is 0 Å². The van der Waals surface area contributed by atoms with Crippen molar-refractivity contribution in [3.05, 3.63) is 29.8 Å². The Labute approximate surface area is 96.8 Å². The van der Waals surface area contributed by atoms with Crippen LogP contribution in [0.1, 0.15) is 18.6 Å². The molecule has 0 spiro atoms. The van der Waals surface area contributed by atoms with E-state index in [1.807, 2.05) is 0 Å². The van der Waals surface area contributed by atoms with E-state index in [1.54, 1.807) is 6.92 Å². The van der Waals surface area contributed by atoms with Gasteiger partial charge in [-0.05, 0) is 24.6 Å². The molecule has 0 aliphatic heterocycles. The zero-order chi connectivity index (χ0) is 12.9. The highest BCUT2D eigenvalue weighted by atomic mass is 19.4. The minimum absolute atomic E-state index is 0.0337. The maximum atomic E-state index is 12.0. The Morgan fingerprint density at radius 2 is 2.06 bits per heavy atom. The van der Waals surface area contributed by atoms with Crippen LogP contribution in [0.2, 0.25) is 0 Å². The molecule has 0 heterocycles. The molecule has 17 heavy (non-hydrogen) atoms. The Hall–Kier alpha value is -1.27. The Balaban J connectivity index is 2.71. The summed E-state index contributed by atoms with van der Waals surface area (Å²) >= 11 is 0. The van der Waals surface area contributed by atoms with Crippen LogP contribution in [0.3, 0.4) is 0 Å². The van der Waals surface area contributed by atoms with Crippen molar-refractivity contribution in [2.45, 2.75) is 19.4 Å². The van der Waals surface area contributed by atoms with Crippen molar-refractivity contribution in [1.29, 1.82) is 0 Å². The van der Waals surface area contributed by atoms with Crippen LogP contribution in [0.4, 0.5) is 13.2 Å². The standard InChI is InChI=1S/C11H13F3O3/c1-2-16-7-10(15)8-4-3-5-9(6-8)17-11(12,13)14/h3-6,10,15H,2,7H2,1H3. The molecule has 1 unspecified atom stereocenters. The Morgan fingerprint density at radius 3 is 2.65 bits per heavy atom. The van der Waals surface area contributed by atoms with Gasteiger partial charge in [-0.2, -0.15) is 0 Å². The fourth-order valence-electron chi connectivity index (χ4n) is 1.24. The van der Waals surface area contributed by atoms with Crippen molar-refractivity contribution in [2.75, 3.05) is 13.2 Å². The average molecular weight is 250 g/mol. The van der Waals surface area contributed by atoms with E-state index in [1.165, 1.54) is 18.2 Å². The predicted octanol–water partition coefficient (Wildman–Crippen LogP) is 2.66. The quantitative estimate of drug-likeness (QED) is 0.873. The highest BCUT2D eigenvalue weighted by molar-refractivity contribution is 5.30. The molecule has 1 N–H and O–H groups in total. The van der Waals surface area contributed by atoms with E-state index in [0.29, 0.717) is 12.2 Å². The number of benzene rings is 1. The van der Waals surface area contributed by atoms with Gasteiger partial charge in [0.05, 0.1) is 6.61 Å². The van der Waals surface area contributed by atoms with Crippen LogP contribution in [0.25, 0.3) is 0 Å². The maximum absolute atomic E-state index is 12.0. The van der Waals surface area contributed by atoms with Crippen LogP contribution < -0.4 is 4.74 Å². The summed E-state index contributed by atoms with van der Waals surface area (Å²) in [7, 11) is 0. The molecule has 6 heteroatoms. The number of ether oxygens (including phenoxy) is 2. The van der Waals surface area contributed by atoms with Gasteiger partial charge in [-0.1, -0.05) is 12.1 Å². The number of aliphatic hydroxyl groups excluding tert-OH is 1. The van der Waals surface area contributed by atoms with Crippen molar-refractivity contribution in [3.8, 4) is 5.75 Å². The molecule has 1 atom stereocenters. The van der Waals surface area contributed by atoms with Gasteiger partial charge in [0.25, 0.3) is 0 Å². The smallest absolute Gasteiger partial charge is 0.406 e. The first kappa shape index (κ1) is 13.8. The molecule has 1 aromatic carbocycles. The summed E-state index contributed by atoms with van der Waals surface area (Å²) in [5.74, 6) is -0.356. The van der Waals surface area contributed by atoms with Crippen molar-refractivity contribution in [3.63, 3.8) is 0 Å². The first-order valence-electron chi connectivity index (χ1n) is 5.04. The molecule has 1 rings (SSSR count). The van der Waals surface area contributed by atoms with E-state index in [0.717, 1.165) is 6.07 Å². The topological polar surface area (TPSA) is 38.7 Å². The molecule has 0 bridgehead atoms. The van der Waals surface area contributed by atoms with Crippen LogP contribution in [0, 0.1) is 0 Å². The number of hydrogen-bond acceptors (Lipinski definition) is 3. The fraction of sp³-hybridized carbons (Fsp3) is 0.455. The highest BCUT2D eigenvalue weighted by Crippen LogP contribution is 2.25. The lowest BCUT2D eigenvalue weighted by molar-refractivity contribution is -0.274. The van der Waals surface area contributed by atoms with Gasteiger partial charge < -0.3 is 14.6 Å². The van der Waals surface area contributed by atoms with E-state index in [-0.39, 0.29) is 12.4 Å². The number of halogens is 3. The third kappa shape index (κ3) is 5.06. The third-order valence-electron chi connectivity index (χ3n) is 1.96. The molecule has 0 aliphatic carbocycles. The lowest BCUT2D eigenvalue weighted by atomic mass is 10.1. The molecule has 0 aromatic heterocycles. The van der Waals surface area contributed by atoms with Crippen LogP contribution in [0.5, 0.6) is 5.75 Å². The van der Waals surface area contributed by atoms with E-state index in [4.69, 9.17) is 4.74 Å². The predicted molar refractivity (Wildman–Crippen MR) is 54.6 cm³/mol. The second-order valence-electron chi connectivity index (χ2n) is 3.30. The summed E-state index contributed by atoms with van der Waals surface area (Å²) in [5.41, 5.74) is 0.320. The molecule has 0 fully saturated rings. The fourth-order valence-corrected chi connectivity index (χ4v) is 1.24. The molecule has 3 nitrogen and oxygen atoms in total. The summed E-state index contributed by atoms with van der Waals surface area (Å²) < 4.78 is 44.6. The van der Waals surface area contributed by atoms with Gasteiger partial charge in [0.1, 0.15) is 11.9 Å². The highest BCUT2D eigenvalue weighted by Gasteiger charge is 2.31. The first-order valence-corrected chi connectivity index (χ1v) is 5.04. The lowest BCUT2D eigenvalue weighted by Crippen LogP contribution is -2.17. The minimum atomic E-state index is -4.73.